The lowest BCUT2D eigenvalue weighted by Gasteiger charge is -2.42. The first-order valence-electron chi connectivity index (χ1n) is 13.3. The number of nitrogens with one attached hydrogen (secondary N) is 1. The van der Waals surface area contributed by atoms with Crippen LogP contribution in [0.25, 0.3) is 22.4 Å². The van der Waals surface area contributed by atoms with Crippen LogP contribution in [0.15, 0.2) is 60.9 Å². The van der Waals surface area contributed by atoms with E-state index in [1.165, 1.54) is 51.9 Å². The highest BCUT2D eigenvalue weighted by Gasteiger charge is 2.38. The van der Waals surface area contributed by atoms with E-state index < -0.39 is 5.97 Å². The van der Waals surface area contributed by atoms with Crippen LogP contribution in [0.2, 0.25) is 0 Å². The fourth-order valence-electron chi connectivity index (χ4n) is 6.40. The Kier molecular flexibility index (Phi) is 5.41. The fourth-order valence-corrected chi connectivity index (χ4v) is 6.40. The Bertz CT molecular complexity index is 1510. The molecule has 0 spiro atoms. The van der Waals surface area contributed by atoms with Crippen molar-refractivity contribution in [3.05, 3.63) is 100.0 Å². The number of aromatic nitrogens is 2. The van der Waals surface area contributed by atoms with E-state index in [4.69, 9.17) is 0 Å². The first-order chi connectivity index (χ1) is 17.6. The number of rotatable bonds is 4. The van der Waals surface area contributed by atoms with Crippen LogP contribution in [0.4, 0.5) is 0 Å². The predicted octanol–water partition coefficient (Wildman–Crippen LogP) is 7.48. The monoisotopic (exact) mass is 490 g/mol. The summed E-state index contributed by atoms with van der Waals surface area (Å²) in [7, 11) is 0. The van der Waals surface area contributed by atoms with Gasteiger partial charge in [0.05, 0.1) is 5.56 Å². The van der Waals surface area contributed by atoms with Gasteiger partial charge in [-0.1, -0.05) is 52.0 Å². The predicted molar refractivity (Wildman–Crippen MR) is 148 cm³/mol. The number of pyridine rings is 1. The van der Waals surface area contributed by atoms with E-state index >= 15 is 0 Å². The fraction of sp³-hybridized carbons (Fsp3) is 0.333. The summed E-state index contributed by atoms with van der Waals surface area (Å²) in [5, 5.41) is 9.42. The molecule has 2 aliphatic carbocycles. The zero-order valence-electron chi connectivity index (χ0n) is 22.1. The summed E-state index contributed by atoms with van der Waals surface area (Å²) in [5.74, 6) is -0.900. The van der Waals surface area contributed by atoms with Crippen LogP contribution in [-0.2, 0) is 30.1 Å². The van der Waals surface area contributed by atoms with E-state index in [1.807, 2.05) is 24.4 Å². The number of aromatic carboxylic acids is 1. The molecule has 0 saturated heterocycles. The van der Waals surface area contributed by atoms with E-state index in [-0.39, 0.29) is 10.8 Å². The van der Waals surface area contributed by atoms with Crippen LogP contribution in [0.1, 0.15) is 84.4 Å². The minimum absolute atomic E-state index is 0.151. The number of H-pyrrole nitrogens is 1. The second kappa shape index (κ2) is 8.44. The average Bonchev–Trinajstić information content (AvgIpc) is 3.25. The normalized spacial score (nSPS) is 17.0. The number of carboxylic acids is 1. The van der Waals surface area contributed by atoms with E-state index in [2.05, 4.69) is 55.9 Å². The van der Waals surface area contributed by atoms with Gasteiger partial charge in [-0.25, -0.2) is 4.79 Å². The smallest absolute Gasteiger partial charge is 0.335 e. The van der Waals surface area contributed by atoms with Crippen LogP contribution in [0.5, 0.6) is 0 Å². The highest BCUT2D eigenvalue weighted by atomic mass is 16.4. The third kappa shape index (κ3) is 3.99. The summed E-state index contributed by atoms with van der Waals surface area (Å²) in [6, 6.07) is 16.4. The number of nitrogens with zero attached hydrogens (tertiary/aromatic N) is 1. The van der Waals surface area contributed by atoms with Crippen molar-refractivity contribution >= 4 is 5.97 Å². The van der Waals surface area contributed by atoms with Crippen LogP contribution < -0.4 is 0 Å². The summed E-state index contributed by atoms with van der Waals surface area (Å²) < 4.78 is 0. The Hall–Kier alpha value is -3.66. The molecule has 0 saturated carbocycles. The number of hydrogen-bond acceptors (Lipinski definition) is 2. The standard InChI is InChI=1S/C33H34N2O2/c1-32(2)13-14-33(3,4)27-18-25-23(17-26(27)32)11-12-24-29(21-7-9-22(10-8-21)31(36)37)28(35-30(24)25)16-20-6-5-15-34-19-20/h5-10,15,17-19,35H,11-14,16H2,1-4H3,(H,36,37). The molecule has 2 heterocycles. The van der Waals surface area contributed by atoms with Gasteiger partial charge in [0.15, 0.2) is 0 Å². The van der Waals surface area contributed by atoms with Gasteiger partial charge < -0.3 is 10.1 Å². The molecule has 4 aromatic rings. The van der Waals surface area contributed by atoms with Crippen molar-refractivity contribution in [1.29, 1.82) is 0 Å². The summed E-state index contributed by atoms with van der Waals surface area (Å²) in [5.41, 5.74) is 13.5. The lowest BCUT2D eigenvalue weighted by molar-refractivity contribution is 0.0697. The molecule has 2 N–H and O–H groups in total. The highest BCUT2D eigenvalue weighted by molar-refractivity contribution is 5.89. The van der Waals surface area contributed by atoms with Crippen LogP contribution in [0, 0.1) is 0 Å². The molecule has 0 fully saturated rings. The number of benzene rings is 2. The van der Waals surface area contributed by atoms with Crippen LogP contribution >= 0.6 is 0 Å². The molecule has 0 bridgehead atoms. The van der Waals surface area contributed by atoms with Crippen LogP contribution in [0.3, 0.4) is 0 Å². The van der Waals surface area contributed by atoms with Gasteiger partial charge in [0.1, 0.15) is 0 Å². The SMILES string of the molecule is CC1(C)CCC(C)(C)c2cc3c(cc21)CCc1c-3[nH]c(Cc2cccnc2)c1-c1ccc(C(=O)O)cc1. The second-order valence-corrected chi connectivity index (χ2v) is 12.1. The van der Waals surface area contributed by atoms with Crippen LogP contribution in [-0.4, -0.2) is 21.0 Å². The molecule has 188 valence electrons. The number of carbonyl (C=O) groups is 1. The zero-order chi connectivity index (χ0) is 25.9. The molecule has 2 aromatic carbocycles. The largest absolute Gasteiger partial charge is 0.478 e. The molecule has 4 heteroatoms. The van der Waals surface area contributed by atoms with Gasteiger partial charge in [0.2, 0.25) is 0 Å². The molecule has 2 aliphatic rings. The van der Waals surface area contributed by atoms with Gasteiger partial charge in [-0.05, 0) is 94.2 Å². The number of hydrogen-bond donors (Lipinski definition) is 2. The molecular formula is C33H34N2O2. The van der Waals surface area contributed by atoms with Gasteiger partial charge in [0, 0.05) is 41.3 Å². The molecule has 0 radical (unpaired) electrons. The van der Waals surface area contributed by atoms with Crippen molar-refractivity contribution < 1.29 is 9.90 Å². The third-order valence-electron chi connectivity index (χ3n) is 8.70. The van der Waals surface area contributed by atoms with E-state index in [0.29, 0.717) is 5.56 Å². The maximum absolute atomic E-state index is 11.5. The third-order valence-corrected chi connectivity index (χ3v) is 8.70. The molecule has 4 nitrogen and oxygen atoms in total. The first kappa shape index (κ1) is 23.7. The molecule has 2 aromatic heterocycles. The van der Waals surface area contributed by atoms with E-state index in [9.17, 15) is 9.90 Å². The van der Waals surface area contributed by atoms with Gasteiger partial charge >= 0.3 is 5.97 Å². The zero-order valence-corrected chi connectivity index (χ0v) is 22.1. The van der Waals surface area contributed by atoms with E-state index in [1.54, 1.807) is 18.3 Å². The topological polar surface area (TPSA) is 66.0 Å². The number of carboxylic acid groups (broad SMARTS) is 1. The van der Waals surface area contributed by atoms with Gasteiger partial charge in [-0.15, -0.1) is 0 Å². The van der Waals surface area contributed by atoms with Crippen molar-refractivity contribution in [2.45, 2.75) is 70.6 Å². The summed E-state index contributed by atoms with van der Waals surface area (Å²) in [6.45, 7) is 9.55. The maximum atomic E-state index is 11.5. The Morgan fingerprint density at radius 1 is 0.973 bits per heavy atom. The molecule has 0 amide bonds. The maximum Gasteiger partial charge on any atom is 0.335 e. The lowest BCUT2D eigenvalue weighted by atomic mass is 9.62. The summed E-state index contributed by atoms with van der Waals surface area (Å²) in [6.07, 6.45) is 8.85. The molecule has 6 rings (SSSR count). The minimum Gasteiger partial charge on any atom is -0.478 e. The van der Waals surface area contributed by atoms with E-state index in [0.717, 1.165) is 36.1 Å². The molecular weight excluding hydrogens is 456 g/mol. The Morgan fingerprint density at radius 2 is 1.68 bits per heavy atom. The molecule has 0 aliphatic heterocycles. The average molecular weight is 491 g/mol. The number of aromatic amines is 1. The summed E-state index contributed by atoms with van der Waals surface area (Å²) in [4.78, 5) is 19.7. The minimum atomic E-state index is -0.900. The Balaban J connectivity index is 1.55. The van der Waals surface area contributed by atoms with Crippen molar-refractivity contribution in [2.75, 3.05) is 0 Å². The van der Waals surface area contributed by atoms with Gasteiger partial charge in [-0.3, -0.25) is 4.98 Å². The highest BCUT2D eigenvalue weighted by Crippen LogP contribution is 2.50. The van der Waals surface area contributed by atoms with Gasteiger partial charge in [-0.2, -0.15) is 0 Å². The number of aryl methyl sites for hydroxylation is 1. The molecule has 0 unspecified atom stereocenters. The summed E-state index contributed by atoms with van der Waals surface area (Å²) >= 11 is 0. The second-order valence-electron chi connectivity index (χ2n) is 12.1. The van der Waals surface area contributed by atoms with Crippen molar-refractivity contribution in [3.8, 4) is 22.4 Å². The van der Waals surface area contributed by atoms with Gasteiger partial charge in [0.25, 0.3) is 0 Å². The lowest BCUT2D eigenvalue weighted by Crippen LogP contribution is -2.34. The molecule has 37 heavy (non-hydrogen) atoms. The Labute approximate surface area is 218 Å². The molecule has 0 atom stereocenters. The first-order valence-corrected chi connectivity index (χ1v) is 13.3. The quantitative estimate of drug-likeness (QED) is 0.312. The number of fused-ring (bicyclic) bond motifs is 4. The van der Waals surface area contributed by atoms with Crippen molar-refractivity contribution in [2.24, 2.45) is 0 Å². The van der Waals surface area contributed by atoms with Crippen molar-refractivity contribution in [3.63, 3.8) is 0 Å². The Morgan fingerprint density at radius 3 is 2.32 bits per heavy atom. The van der Waals surface area contributed by atoms with Crippen molar-refractivity contribution in [1.82, 2.24) is 9.97 Å².